The zero-order valence-electron chi connectivity index (χ0n) is 14.8. The lowest BCUT2D eigenvalue weighted by molar-refractivity contribution is 0.0869. The molecule has 0 aliphatic carbocycles. The van der Waals surface area contributed by atoms with Gasteiger partial charge in [0.2, 0.25) is 5.78 Å². The van der Waals surface area contributed by atoms with Crippen LogP contribution < -0.4 is 10.6 Å². The Kier molecular flexibility index (Phi) is 5.61. The van der Waals surface area contributed by atoms with Gasteiger partial charge in [-0.05, 0) is 31.2 Å². The highest BCUT2D eigenvalue weighted by molar-refractivity contribution is 6.05. The zero-order valence-corrected chi connectivity index (χ0v) is 14.8. The Morgan fingerprint density at radius 1 is 0.815 bits per heavy atom. The number of carbonyl (C=O) groups is 2. The van der Waals surface area contributed by atoms with Gasteiger partial charge >= 0.3 is 0 Å². The van der Waals surface area contributed by atoms with Crippen molar-refractivity contribution in [3.63, 3.8) is 0 Å². The average molecular weight is 362 g/mol. The lowest BCUT2D eigenvalue weighted by Gasteiger charge is -2.21. The van der Waals surface area contributed by atoms with Gasteiger partial charge in [0.25, 0.3) is 5.91 Å². The van der Waals surface area contributed by atoms with Crippen molar-refractivity contribution in [3.8, 4) is 0 Å². The van der Waals surface area contributed by atoms with Gasteiger partial charge in [0.1, 0.15) is 5.82 Å². The van der Waals surface area contributed by atoms with E-state index < -0.39 is 17.9 Å². The number of amides is 1. The van der Waals surface area contributed by atoms with Crippen molar-refractivity contribution < 1.29 is 14.0 Å². The largest absolute Gasteiger partial charge is 0.356 e. The number of benzene rings is 3. The smallest absolute Gasteiger partial charge is 0.253 e. The second-order valence-corrected chi connectivity index (χ2v) is 6.13. The minimum atomic E-state index is -1.11. The predicted molar refractivity (Wildman–Crippen MR) is 103 cm³/mol. The van der Waals surface area contributed by atoms with Gasteiger partial charge in [0.15, 0.2) is 6.17 Å². The Bertz CT molecular complexity index is 940. The highest BCUT2D eigenvalue weighted by Gasteiger charge is 2.23. The molecule has 1 amide bonds. The molecule has 0 spiro atoms. The van der Waals surface area contributed by atoms with Crippen LogP contribution in [0.4, 0.5) is 10.1 Å². The molecule has 5 heteroatoms. The van der Waals surface area contributed by atoms with E-state index in [1.54, 1.807) is 54.6 Å². The van der Waals surface area contributed by atoms with Gasteiger partial charge in [0, 0.05) is 11.1 Å². The fourth-order valence-corrected chi connectivity index (χ4v) is 2.59. The van der Waals surface area contributed by atoms with Crippen LogP contribution >= 0.6 is 0 Å². The van der Waals surface area contributed by atoms with Gasteiger partial charge in [-0.2, -0.15) is 0 Å². The van der Waals surface area contributed by atoms with Gasteiger partial charge in [-0.15, -0.1) is 0 Å². The zero-order chi connectivity index (χ0) is 19.2. The standard InChI is InChI=1S/C22H19FN2O2/c1-15-11-13-17(14-12-15)22(27)25-21(20(26)16-7-3-2-4-8-16)24-19-10-6-5-9-18(19)23/h2-14,21,24H,1H3,(H,25,27)/t21-/m1/s1. The molecular weight excluding hydrogens is 343 g/mol. The minimum absolute atomic E-state index is 0.135. The van der Waals surface area contributed by atoms with E-state index in [1.807, 2.05) is 19.1 Å². The van der Waals surface area contributed by atoms with Crippen molar-refractivity contribution in [2.45, 2.75) is 13.1 Å². The van der Waals surface area contributed by atoms with Gasteiger partial charge < -0.3 is 10.6 Å². The van der Waals surface area contributed by atoms with E-state index in [2.05, 4.69) is 10.6 Å². The third-order valence-corrected chi connectivity index (χ3v) is 4.08. The molecule has 0 aliphatic heterocycles. The van der Waals surface area contributed by atoms with E-state index in [4.69, 9.17) is 0 Å². The molecule has 0 radical (unpaired) electrons. The van der Waals surface area contributed by atoms with E-state index >= 15 is 0 Å². The fraction of sp³-hybridized carbons (Fsp3) is 0.0909. The number of hydrogen-bond donors (Lipinski definition) is 2. The molecule has 3 aromatic carbocycles. The summed E-state index contributed by atoms with van der Waals surface area (Å²) < 4.78 is 14.0. The number of nitrogens with one attached hydrogen (secondary N) is 2. The Morgan fingerprint density at radius 3 is 2.11 bits per heavy atom. The molecule has 1 atom stereocenters. The van der Waals surface area contributed by atoms with Crippen LogP contribution in [0.25, 0.3) is 0 Å². The van der Waals surface area contributed by atoms with E-state index in [1.165, 1.54) is 12.1 Å². The van der Waals surface area contributed by atoms with E-state index in [-0.39, 0.29) is 11.5 Å². The quantitative estimate of drug-likeness (QED) is 0.511. The number of anilines is 1. The summed E-state index contributed by atoms with van der Waals surface area (Å²) in [6.45, 7) is 1.92. The number of carbonyl (C=O) groups excluding carboxylic acids is 2. The summed E-state index contributed by atoms with van der Waals surface area (Å²) in [5.74, 6) is -1.29. The molecule has 3 aromatic rings. The highest BCUT2D eigenvalue weighted by atomic mass is 19.1. The molecule has 2 N–H and O–H groups in total. The van der Waals surface area contributed by atoms with Gasteiger partial charge in [0.05, 0.1) is 5.69 Å². The number of ketones is 1. The molecule has 0 heterocycles. The molecule has 0 saturated carbocycles. The maximum Gasteiger partial charge on any atom is 0.253 e. The SMILES string of the molecule is Cc1ccc(C(=O)N[C@@H](Nc2ccccc2F)C(=O)c2ccccc2)cc1. The Balaban J connectivity index is 1.87. The van der Waals surface area contributed by atoms with Crippen LogP contribution in [0, 0.1) is 12.7 Å². The Morgan fingerprint density at radius 2 is 1.44 bits per heavy atom. The monoisotopic (exact) mass is 362 g/mol. The van der Waals surface area contributed by atoms with Gasteiger partial charge in [-0.1, -0.05) is 60.2 Å². The van der Waals surface area contributed by atoms with Crippen molar-refractivity contribution in [2.24, 2.45) is 0 Å². The molecule has 0 saturated heterocycles. The van der Waals surface area contributed by atoms with Crippen molar-refractivity contribution in [1.29, 1.82) is 0 Å². The molecular formula is C22H19FN2O2. The first-order valence-corrected chi connectivity index (χ1v) is 8.52. The first kappa shape index (κ1) is 18.3. The molecule has 136 valence electrons. The van der Waals surface area contributed by atoms with Crippen molar-refractivity contribution in [3.05, 3.63) is 101 Å². The van der Waals surface area contributed by atoms with Gasteiger partial charge in [-0.3, -0.25) is 9.59 Å². The second kappa shape index (κ2) is 8.27. The van der Waals surface area contributed by atoms with Crippen molar-refractivity contribution >= 4 is 17.4 Å². The molecule has 3 rings (SSSR count). The molecule has 0 bridgehead atoms. The first-order chi connectivity index (χ1) is 13.0. The predicted octanol–water partition coefficient (Wildman–Crippen LogP) is 4.19. The van der Waals surface area contributed by atoms with Crippen molar-refractivity contribution in [2.75, 3.05) is 5.32 Å². The van der Waals surface area contributed by atoms with Crippen LogP contribution in [0.3, 0.4) is 0 Å². The third kappa shape index (κ3) is 4.58. The molecule has 0 aliphatic rings. The van der Waals surface area contributed by atoms with Crippen LogP contribution in [-0.2, 0) is 0 Å². The summed E-state index contributed by atoms with van der Waals surface area (Å²) in [7, 11) is 0. The molecule has 0 aromatic heterocycles. The average Bonchev–Trinajstić information content (AvgIpc) is 2.69. The third-order valence-electron chi connectivity index (χ3n) is 4.08. The van der Waals surface area contributed by atoms with Gasteiger partial charge in [-0.25, -0.2) is 4.39 Å². The summed E-state index contributed by atoms with van der Waals surface area (Å²) in [6.07, 6.45) is -1.11. The number of rotatable bonds is 6. The van der Waals surface area contributed by atoms with Crippen LogP contribution in [0.5, 0.6) is 0 Å². The minimum Gasteiger partial charge on any atom is -0.356 e. The number of hydrogen-bond acceptors (Lipinski definition) is 3. The summed E-state index contributed by atoms with van der Waals surface area (Å²) in [6, 6.07) is 21.5. The second-order valence-electron chi connectivity index (χ2n) is 6.13. The Hall–Kier alpha value is -3.47. The number of halogens is 1. The van der Waals surface area contributed by atoms with Crippen molar-refractivity contribution in [1.82, 2.24) is 5.32 Å². The molecule has 4 nitrogen and oxygen atoms in total. The molecule has 0 unspecified atom stereocenters. The van der Waals surface area contributed by atoms with Crippen LogP contribution in [0.15, 0.2) is 78.9 Å². The maximum atomic E-state index is 14.0. The topological polar surface area (TPSA) is 58.2 Å². The van der Waals surface area contributed by atoms with Crippen LogP contribution in [-0.4, -0.2) is 17.9 Å². The maximum absolute atomic E-state index is 14.0. The van der Waals surface area contributed by atoms with E-state index in [0.717, 1.165) is 5.56 Å². The number of aryl methyl sites for hydroxylation is 1. The molecule has 0 fully saturated rings. The van der Waals surface area contributed by atoms with E-state index in [0.29, 0.717) is 11.1 Å². The lowest BCUT2D eigenvalue weighted by atomic mass is 10.1. The highest BCUT2D eigenvalue weighted by Crippen LogP contribution is 2.15. The number of para-hydroxylation sites is 1. The van der Waals surface area contributed by atoms with Crippen LogP contribution in [0.1, 0.15) is 26.3 Å². The number of Topliss-reactive ketones (excluding diaryl/α,β-unsaturated/α-hetero) is 1. The first-order valence-electron chi connectivity index (χ1n) is 8.52. The van der Waals surface area contributed by atoms with E-state index in [9.17, 15) is 14.0 Å². The normalized spacial score (nSPS) is 11.5. The lowest BCUT2D eigenvalue weighted by Crippen LogP contribution is -2.46. The summed E-state index contributed by atoms with van der Waals surface area (Å²) in [5.41, 5.74) is 1.99. The summed E-state index contributed by atoms with van der Waals surface area (Å²) in [5, 5.41) is 5.46. The summed E-state index contributed by atoms with van der Waals surface area (Å²) >= 11 is 0. The fourth-order valence-electron chi connectivity index (χ4n) is 2.59. The summed E-state index contributed by atoms with van der Waals surface area (Å²) in [4.78, 5) is 25.5. The van der Waals surface area contributed by atoms with Crippen LogP contribution in [0.2, 0.25) is 0 Å². The molecule has 27 heavy (non-hydrogen) atoms. The Labute approximate surface area is 157 Å².